The van der Waals surface area contributed by atoms with Gasteiger partial charge in [-0.15, -0.1) is 0 Å². The minimum atomic E-state index is -0.514. The Kier molecular flexibility index (Phi) is 5.23. The van der Waals surface area contributed by atoms with Gasteiger partial charge in [-0.25, -0.2) is 14.4 Å². The molecule has 2 N–H and O–H groups in total. The second kappa shape index (κ2) is 7.57. The topological polar surface area (TPSA) is 81.3 Å². The first-order chi connectivity index (χ1) is 12.0. The summed E-state index contributed by atoms with van der Waals surface area (Å²) in [4.78, 5) is 22.4. The van der Waals surface area contributed by atoms with E-state index < -0.39 is 5.91 Å². The molecule has 0 aliphatic carbocycles. The maximum absolute atomic E-state index is 12.9. The van der Waals surface area contributed by atoms with Crippen LogP contribution in [0.3, 0.4) is 0 Å². The smallest absolute Gasteiger partial charge is 0.252 e. The molecule has 1 aromatic heterocycles. The Morgan fingerprint density at radius 2 is 2.16 bits per heavy atom. The van der Waals surface area contributed by atoms with E-state index in [0.29, 0.717) is 29.4 Å². The molecule has 7 heteroatoms. The third-order valence-corrected chi connectivity index (χ3v) is 4.39. The highest BCUT2D eigenvalue weighted by molar-refractivity contribution is 5.93. The van der Waals surface area contributed by atoms with E-state index in [2.05, 4.69) is 14.9 Å². The Morgan fingerprint density at radius 1 is 1.40 bits per heavy atom. The number of aromatic nitrogens is 2. The molecule has 1 fully saturated rings. The quantitative estimate of drug-likeness (QED) is 0.869. The number of likely N-dealkylation sites (tertiary alicyclic amines) is 1. The predicted molar refractivity (Wildman–Crippen MR) is 90.7 cm³/mol. The molecule has 1 aromatic carbocycles. The highest BCUT2D eigenvalue weighted by Crippen LogP contribution is 2.29. The molecule has 0 spiro atoms. The largest absolute Gasteiger partial charge is 0.492 e. The lowest BCUT2D eigenvalue weighted by molar-refractivity contribution is 0.0998. The van der Waals surface area contributed by atoms with E-state index in [1.165, 1.54) is 18.3 Å². The van der Waals surface area contributed by atoms with Crippen molar-refractivity contribution in [3.8, 4) is 5.75 Å². The minimum absolute atomic E-state index is 0.109. The molecule has 1 aliphatic heterocycles. The average Bonchev–Trinajstić information content (AvgIpc) is 3.05. The summed E-state index contributed by atoms with van der Waals surface area (Å²) in [7, 11) is 0. The van der Waals surface area contributed by atoms with E-state index in [0.717, 1.165) is 25.9 Å². The van der Waals surface area contributed by atoms with Crippen LogP contribution >= 0.6 is 0 Å². The number of rotatable bonds is 6. The van der Waals surface area contributed by atoms with Crippen molar-refractivity contribution in [2.24, 2.45) is 5.73 Å². The van der Waals surface area contributed by atoms with Crippen molar-refractivity contribution in [1.29, 1.82) is 0 Å². The van der Waals surface area contributed by atoms with Gasteiger partial charge in [-0.1, -0.05) is 0 Å². The van der Waals surface area contributed by atoms with Gasteiger partial charge in [0.05, 0.1) is 17.3 Å². The molecule has 1 saturated heterocycles. The first kappa shape index (κ1) is 17.3. The maximum atomic E-state index is 12.9. The number of amides is 1. The Hall–Kier alpha value is -2.54. The second-order valence-electron chi connectivity index (χ2n) is 6.09. The second-order valence-corrected chi connectivity index (χ2v) is 6.09. The zero-order chi connectivity index (χ0) is 17.8. The number of ether oxygens (including phenoxy) is 1. The summed E-state index contributed by atoms with van der Waals surface area (Å²) >= 11 is 0. The highest BCUT2D eigenvalue weighted by Gasteiger charge is 2.28. The molecule has 25 heavy (non-hydrogen) atoms. The highest BCUT2D eigenvalue weighted by atomic mass is 19.1. The van der Waals surface area contributed by atoms with Gasteiger partial charge in [0, 0.05) is 12.7 Å². The van der Waals surface area contributed by atoms with Crippen LogP contribution in [0.2, 0.25) is 0 Å². The van der Waals surface area contributed by atoms with Crippen molar-refractivity contribution in [1.82, 2.24) is 14.9 Å². The number of halogens is 1. The Balaban J connectivity index is 1.61. The molecular weight excluding hydrogens is 323 g/mol. The van der Waals surface area contributed by atoms with Gasteiger partial charge in [-0.3, -0.25) is 9.69 Å². The number of hydrogen-bond acceptors (Lipinski definition) is 5. The fourth-order valence-electron chi connectivity index (χ4n) is 3.09. The predicted octanol–water partition coefficient (Wildman–Crippen LogP) is 2.24. The first-order valence-electron chi connectivity index (χ1n) is 8.30. The van der Waals surface area contributed by atoms with Crippen molar-refractivity contribution in [2.75, 3.05) is 19.7 Å². The van der Waals surface area contributed by atoms with Crippen LogP contribution in [-0.2, 0) is 0 Å². The molecule has 1 aliphatic rings. The molecule has 1 unspecified atom stereocenters. The summed E-state index contributed by atoms with van der Waals surface area (Å²) in [5.41, 5.74) is 6.26. The van der Waals surface area contributed by atoms with Gasteiger partial charge in [-0.2, -0.15) is 0 Å². The number of benzene rings is 1. The van der Waals surface area contributed by atoms with Gasteiger partial charge < -0.3 is 10.5 Å². The van der Waals surface area contributed by atoms with Gasteiger partial charge in [0.2, 0.25) is 0 Å². The fourth-order valence-corrected chi connectivity index (χ4v) is 3.09. The number of carbonyl (C=O) groups is 1. The van der Waals surface area contributed by atoms with Gasteiger partial charge in [-0.05, 0) is 50.6 Å². The van der Waals surface area contributed by atoms with Crippen molar-refractivity contribution in [3.05, 3.63) is 53.4 Å². The van der Waals surface area contributed by atoms with E-state index >= 15 is 0 Å². The molecule has 3 rings (SSSR count). The zero-order valence-electron chi connectivity index (χ0n) is 14.1. The number of nitrogens with two attached hydrogens (primary N) is 1. The maximum Gasteiger partial charge on any atom is 0.252 e. The first-order valence-corrected chi connectivity index (χ1v) is 8.30. The summed E-state index contributed by atoms with van der Waals surface area (Å²) in [5.74, 6) is 0.566. The lowest BCUT2D eigenvalue weighted by atomic mass is 10.1. The molecular formula is C18H21FN4O2. The van der Waals surface area contributed by atoms with Crippen LogP contribution in [0.5, 0.6) is 5.75 Å². The van der Waals surface area contributed by atoms with E-state index in [1.807, 2.05) is 0 Å². The average molecular weight is 344 g/mol. The normalized spacial score (nSPS) is 17.6. The number of primary amides is 1. The van der Waals surface area contributed by atoms with Gasteiger partial charge in [0.15, 0.2) is 0 Å². The molecule has 0 bridgehead atoms. The minimum Gasteiger partial charge on any atom is -0.492 e. The van der Waals surface area contributed by atoms with Crippen molar-refractivity contribution in [3.63, 3.8) is 0 Å². The summed E-state index contributed by atoms with van der Waals surface area (Å²) in [6.07, 6.45) is 3.53. The molecule has 0 radical (unpaired) electrons. The molecule has 1 amide bonds. The van der Waals surface area contributed by atoms with E-state index in [1.54, 1.807) is 19.1 Å². The number of nitrogens with zero attached hydrogens (tertiary/aromatic N) is 3. The number of aryl methyl sites for hydroxylation is 1. The van der Waals surface area contributed by atoms with Crippen LogP contribution in [0.4, 0.5) is 4.39 Å². The van der Waals surface area contributed by atoms with E-state index in [4.69, 9.17) is 10.5 Å². The Labute approximate surface area is 145 Å². The number of carbonyl (C=O) groups excluding carboxylic acids is 1. The van der Waals surface area contributed by atoms with Gasteiger partial charge in [0.25, 0.3) is 5.91 Å². The fraction of sp³-hybridized carbons (Fsp3) is 0.389. The summed E-state index contributed by atoms with van der Waals surface area (Å²) in [6.45, 7) is 3.93. The zero-order valence-corrected chi connectivity index (χ0v) is 14.1. The van der Waals surface area contributed by atoms with Crippen LogP contribution in [-0.4, -0.2) is 40.5 Å². The molecule has 2 heterocycles. The molecule has 6 nitrogen and oxygen atoms in total. The van der Waals surface area contributed by atoms with Crippen LogP contribution < -0.4 is 10.5 Å². The van der Waals surface area contributed by atoms with Crippen LogP contribution in [0, 0.1) is 12.7 Å². The Bertz CT molecular complexity index is 751. The molecule has 2 aromatic rings. The van der Waals surface area contributed by atoms with Crippen LogP contribution in [0.15, 0.2) is 30.5 Å². The van der Waals surface area contributed by atoms with Crippen LogP contribution in [0.25, 0.3) is 0 Å². The van der Waals surface area contributed by atoms with E-state index in [-0.39, 0.29) is 11.9 Å². The standard InChI is InChI=1S/C18H21FN4O2/c1-12-15(17(20)24)11-21-18(22-12)16-3-2-8-23(16)9-10-25-14-6-4-13(19)5-7-14/h4-7,11,16H,2-3,8-10H2,1H3,(H2,20,24). The summed E-state index contributed by atoms with van der Waals surface area (Å²) < 4.78 is 18.6. The number of hydrogen-bond donors (Lipinski definition) is 1. The lowest BCUT2D eigenvalue weighted by Gasteiger charge is -2.23. The van der Waals surface area contributed by atoms with Gasteiger partial charge >= 0.3 is 0 Å². The third kappa shape index (κ3) is 4.11. The third-order valence-electron chi connectivity index (χ3n) is 4.39. The van der Waals surface area contributed by atoms with Crippen LogP contribution in [0.1, 0.15) is 40.8 Å². The van der Waals surface area contributed by atoms with E-state index in [9.17, 15) is 9.18 Å². The summed E-state index contributed by atoms with van der Waals surface area (Å²) in [5, 5.41) is 0. The molecule has 0 saturated carbocycles. The van der Waals surface area contributed by atoms with Gasteiger partial charge in [0.1, 0.15) is 24.0 Å². The van der Waals surface area contributed by atoms with Crippen molar-refractivity contribution in [2.45, 2.75) is 25.8 Å². The SMILES string of the molecule is Cc1nc(C2CCCN2CCOc2ccc(F)cc2)ncc1C(N)=O. The Morgan fingerprint density at radius 3 is 2.84 bits per heavy atom. The molecule has 132 valence electrons. The van der Waals surface area contributed by atoms with Crippen molar-refractivity contribution >= 4 is 5.91 Å². The monoisotopic (exact) mass is 344 g/mol. The summed E-state index contributed by atoms with van der Waals surface area (Å²) in [6, 6.07) is 6.10. The lowest BCUT2D eigenvalue weighted by Crippen LogP contribution is -2.29. The molecule has 1 atom stereocenters. The van der Waals surface area contributed by atoms with Crippen molar-refractivity contribution < 1.29 is 13.9 Å².